The van der Waals surface area contributed by atoms with Crippen LogP contribution in [-0.4, -0.2) is 58.1 Å². The first kappa shape index (κ1) is 18.5. The van der Waals surface area contributed by atoms with Crippen LogP contribution in [0.1, 0.15) is 18.7 Å². The van der Waals surface area contributed by atoms with E-state index in [-0.39, 0.29) is 0 Å². The van der Waals surface area contributed by atoms with Crippen molar-refractivity contribution in [2.75, 3.05) is 32.6 Å². The Hall–Kier alpha value is -3.30. The third kappa shape index (κ3) is 3.78. The smallest absolute Gasteiger partial charge is 0.404 e. The van der Waals surface area contributed by atoms with E-state index in [0.717, 1.165) is 29.7 Å². The molecule has 0 aliphatic carbocycles. The van der Waals surface area contributed by atoms with Gasteiger partial charge in [0.05, 0.1) is 25.3 Å². The number of hydrogen-bond donors (Lipinski definition) is 3. The highest BCUT2D eigenvalue weighted by Gasteiger charge is 2.16. The maximum absolute atomic E-state index is 10.5. The number of aromatic nitrogens is 4. The molecule has 0 atom stereocenters. The molecule has 0 saturated heterocycles. The quantitative estimate of drug-likeness (QED) is 0.512. The number of methoxy groups -OCH3 is 2. The Morgan fingerprint density at radius 2 is 1.85 bits per heavy atom. The minimum absolute atomic E-state index is 0.415. The summed E-state index contributed by atoms with van der Waals surface area (Å²) >= 11 is 0. The number of hydrogen-bond acceptors (Lipinski definition) is 7. The van der Waals surface area contributed by atoms with Crippen LogP contribution in [0.15, 0.2) is 12.1 Å². The number of aryl methyl sites for hydroxylation is 1. The first-order valence-electron chi connectivity index (χ1n) is 8.53. The Morgan fingerprint density at radius 3 is 2.56 bits per heavy atom. The van der Waals surface area contributed by atoms with E-state index in [4.69, 9.17) is 14.6 Å². The molecule has 0 spiro atoms. The zero-order valence-electron chi connectivity index (χ0n) is 15.4. The summed E-state index contributed by atoms with van der Waals surface area (Å²) in [6, 6.07) is 3.67. The minimum Gasteiger partial charge on any atom is -0.493 e. The van der Waals surface area contributed by atoms with Gasteiger partial charge in [0, 0.05) is 25.2 Å². The molecule has 0 aliphatic rings. The van der Waals surface area contributed by atoms with Gasteiger partial charge in [-0.2, -0.15) is 0 Å². The fourth-order valence-corrected chi connectivity index (χ4v) is 2.87. The number of rotatable bonds is 8. The van der Waals surface area contributed by atoms with Gasteiger partial charge < -0.3 is 25.2 Å². The molecule has 3 rings (SSSR count). The Labute approximate surface area is 155 Å². The summed E-state index contributed by atoms with van der Waals surface area (Å²) in [5.74, 6) is 2.54. The second kappa shape index (κ2) is 7.94. The van der Waals surface area contributed by atoms with Crippen molar-refractivity contribution in [2.24, 2.45) is 0 Å². The summed E-state index contributed by atoms with van der Waals surface area (Å²) in [5.41, 5.74) is 2.16. The number of nitrogens with one attached hydrogen (secondary N) is 2. The fraction of sp³-hybridized carbons (Fsp3) is 0.412. The van der Waals surface area contributed by atoms with Crippen molar-refractivity contribution in [2.45, 2.75) is 19.8 Å². The Kier molecular flexibility index (Phi) is 5.43. The van der Waals surface area contributed by atoms with Gasteiger partial charge >= 0.3 is 6.09 Å². The Morgan fingerprint density at radius 1 is 1.15 bits per heavy atom. The van der Waals surface area contributed by atoms with Crippen LogP contribution in [0.4, 0.5) is 10.6 Å². The van der Waals surface area contributed by atoms with Gasteiger partial charge in [-0.05, 0) is 19.8 Å². The van der Waals surface area contributed by atoms with Gasteiger partial charge in [0.1, 0.15) is 5.82 Å². The third-order valence-electron chi connectivity index (χ3n) is 4.16. The first-order valence-corrected chi connectivity index (χ1v) is 8.53. The maximum Gasteiger partial charge on any atom is 0.404 e. The lowest BCUT2D eigenvalue weighted by molar-refractivity contribution is 0.194. The van der Waals surface area contributed by atoms with Gasteiger partial charge in [-0.25, -0.2) is 9.78 Å². The van der Waals surface area contributed by atoms with Gasteiger partial charge in [-0.15, -0.1) is 10.2 Å². The molecule has 0 unspecified atom stereocenters. The van der Waals surface area contributed by atoms with Crippen molar-refractivity contribution >= 4 is 28.6 Å². The van der Waals surface area contributed by atoms with E-state index in [9.17, 15) is 4.79 Å². The largest absolute Gasteiger partial charge is 0.493 e. The third-order valence-corrected chi connectivity index (χ3v) is 4.16. The Bertz CT molecular complexity index is 971. The summed E-state index contributed by atoms with van der Waals surface area (Å²) in [6.45, 7) is 2.92. The normalized spacial score (nSPS) is 10.9. The predicted molar refractivity (Wildman–Crippen MR) is 99.9 cm³/mol. The van der Waals surface area contributed by atoms with Crippen LogP contribution in [0.25, 0.3) is 16.7 Å². The standard InChI is InChI=1S/C17H22N6O4/c1-10-21-22-16-15(18-6-4-5-7-19-17(24)25)20-11-8-13(26-2)14(27-3)9-12(11)23(10)16/h8-9,19H,4-7H2,1-3H3,(H,18,20)(H,24,25). The molecule has 3 N–H and O–H groups in total. The van der Waals surface area contributed by atoms with E-state index in [1.165, 1.54) is 0 Å². The van der Waals surface area contributed by atoms with Crippen molar-refractivity contribution in [1.29, 1.82) is 0 Å². The van der Waals surface area contributed by atoms with E-state index >= 15 is 0 Å². The molecule has 3 aromatic rings. The summed E-state index contributed by atoms with van der Waals surface area (Å²) in [6.07, 6.45) is 0.495. The highest BCUT2D eigenvalue weighted by Crippen LogP contribution is 2.33. The molecule has 1 amide bonds. The molecule has 144 valence electrons. The van der Waals surface area contributed by atoms with Crippen molar-refractivity contribution in [3.8, 4) is 11.5 Å². The number of carbonyl (C=O) groups is 1. The zero-order valence-corrected chi connectivity index (χ0v) is 15.4. The van der Waals surface area contributed by atoms with Gasteiger partial charge in [-0.1, -0.05) is 0 Å². The summed E-state index contributed by atoms with van der Waals surface area (Å²) in [4.78, 5) is 15.1. The number of anilines is 1. The number of benzene rings is 1. The summed E-state index contributed by atoms with van der Waals surface area (Å²) in [5, 5.41) is 22.6. The molecule has 0 radical (unpaired) electrons. The van der Waals surface area contributed by atoms with Crippen LogP contribution < -0.4 is 20.1 Å². The molecule has 2 heterocycles. The summed E-state index contributed by atoms with van der Waals surface area (Å²) < 4.78 is 12.7. The molecule has 2 aromatic heterocycles. The number of nitrogens with zero attached hydrogens (tertiary/aromatic N) is 4. The van der Waals surface area contributed by atoms with E-state index < -0.39 is 6.09 Å². The molecule has 10 nitrogen and oxygen atoms in total. The van der Waals surface area contributed by atoms with Gasteiger partial charge in [0.2, 0.25) is 5.65 Å². The number of amides is 1. The molecule has 0 aliphatic heterocycles. The molecule has 0 fully saturated rings. The number of unbranched alkanes of at least 4 members (excludes halogenated alkanes) is 1. The zero-order chi connectivity index (χ0) is 19.4. The number of fused-ring (bicyclic) bond motifs is 3. The lowest BCUT2D eigenvalue weighted by Gasteiger charge is -2.13. The molecule has 0 bridgehead atoms. The molecule has 0 saturated carbocycles. The second-order valence-corrected chi connectivity index (χ2v) is 5.93. The van der Waals surface area contributed by atoms with Gasteiger partial charge in [0.25, 0.3) is 0 Å². The summed E-state index contributed by atoms with van der Waals surface area (Å²) in [7, 11) is 3.17. The van der Waals surface area contributed by atoms with Crippen LogP contribution in [0, 0.1) is 6.92 Å². The van der Waals surface area contributed by atoms with Crippen molar-refractivity contribution in [1.82, 2.24) is 24.9 Å². The van der Waals surface area contributed by atoms with Crippen LogP contribution in [0.3, 0.4) is 0 Å². The van der Waals surface area contributed by atoms with Crippen LogP contribution in [0.5, 0.6) is 11.5 Å². The van der Waals surface area contributed by atoms with Crippen LogP contribution in [-0.2, 0) is 0 Å². The van der Waals surface area contributed by atoms with E-state index in [1.54, 1.807) is 14.2 Å². The van der Waals surface area contributed by atoms with Crippen LogP contribution in [0.2, 0.25) is 0 Å². The highest BCUT2D eigenvalue weighted by atomic mass is 16.5. The minimum atomic E-state index is -1.01. The second-order valence-electron chi connectivity index (χ2n) is 5.93. The van der Waals surface area contributed by atoms with Crippen molar-refractivity contribution in [3.63, 3.8) is 0 Å². The average Bonchev–Trinajstić information content (AvgIpc) is 3.05. The van der Waals surface area contributed by atoms with Gasteiger partial charge in [-0.3, -0.25) is 4.40 Å². The van der Waals surface area contributed by atoms with E-state index in [2.05, 4.69) is 25.8 Å². The molecule has 27 heavy (non-hydrogen) atoms. The SMILES string of the molecule is COc1cc2nc(NCCCCNC(=O)O)c3nnc(C)n3c2cc1OC. The molecular weight excluding hydrogens is 352 g/mol. The van der Waals surface area contributed by atoms with Crippen molar-refractivity contribution < 1.29 is 19.4 Å². The van der Waals surface area contributed by atoms with E-state index in [1.807, 2.05) is 23.5 Å². The molecular formula is C17H22N6O4. The topological polar surface area (TPSA) is 123 Å². The highest BCUT2D eigenvalue weighted by molar-refractivity contribution is 5.85. The lowest BCUT2D eigenvalue weighted by Crippen LogP contribution is -2.22. The van der Waals surface area contributed by atoms with Crippen molar-refractivity contribution in [3.05, 3.63) is 18.0 Å². The fourth-order valence-electron chi connectivity index (χ4n) is 2.87. The maximum atomic E-state index is 10.5. The predicted octanol–water partition coefficient (Wildman–Crippen LogP) is 2.06. The number of carboxylic acid groups (broad SMARTS) is 1. The molecule has 10 heteroatoms. The average molecular weight is 374 g/mol. The molecule has 1 aromatic carbocycles. The van der Waals surface area contributed by atoms with E-state index in [0.29, 0.717) is 36.1 Å². The monoisotopic (exact) mass is 374 g/mol. The number of ether oxygens (including phenoxy) is 2. The van der Waals surface area contributed by atoms with Gasteiger partial charge in [0.15, 0.2) is 17.3 Å². The first-order chi connectivity index (χ1) is 13.0. The Balaban J connectivity index is 1.89. The van der Waals surface area contributed by atoms with Crippen LogP contribution >= 0.6 is 0 Å². The lowest BCUT2D eigenvalue weighted by atomic mass is 10.2.